The monoisotopic (exact) mass is 420 g/mol. The van der Waals surface area contributed by atoms with Gasteiger partial charge in [-0.2, -0.15) is 0 Å². The van der Waals surface area contributed by atoms with Crippen LogP contribution in [0.25, 0.3) is 11.3 Å². The van der Waals surface area contributed by atoms with Crippen LogP contribution in [-0.2, 0) is 4.79 Å². The lowest BCUT2D eigenvalue weighted by atomic mass is 10.1. The van der Waals surface area contributed by atoms with Gasteiger partial charge in [-0.1, -0.05) is 42.1 Å². The van der Waals surface area contributed by atoms with E-state index in [0.29, 0.717) is 5.75 Å². The lowest BCUT2D eigenvalue weighted by Gasteiger charge is -2.36. The van der Waals surface area contributed by atoms with Crippen LogP contribution in [0.4, 0.5) is 5.69 Å². The summed E-state index contributed by atoms with van der Waals surface area (Å²) < 4.78 is 5.26. The molecule has 1 fully saturated rings. The Morgan fingerprint density at radius 1 is 0.967 bits per heavy atom. The topological polar surface area (TPSA) is 58.6 Å². The molecule has 3 aromatic rings. The van der Waals surface area contributed by atoms with Crippen LogP contribution in [0.3, 0.4) is 0 Å². The predicted octanol–water partition coefficient (Wildman–Crippen LogP) is 3.59. The second-order valence-electron chi connectivity index (χ2n) is 6.98. The summed E-state index contributed by atoms with van der Waals surface area (Å²) in [5, 5.41) is 9.32. The first-order valence-corrected chi connectivity index (χ1v) is 10.9. The molecule has 30 heavy (non-hydrogen) atoms. The average Bonchev–Trinajstić information content (AvgIpc) is 2.83. The zero-order valence-corrected chi connectivity index (χ0v) is 17.7. The van der Waals surface area contributed by atoms with Crippen LogP contribution >= 0.6 is 11.8 Å². The molecule has 4 rings (SSSR count). The van der Waals surface area contributed by atoms with Crippen LogP contribution in [0.5, 0.6) is 5.75 Å². The van der Waals surface area contributed by atoms with Gasteiger partial charge in [-0.05, 0) is 36.4 Å². The number of ether oxygens (including phenoxy) is 1. The summed E-state index contributed by atoms with van der Waals surface area (Å²) in [7, 11) is 1.64. The van der Waals surface area contributed by atoms with Gasteiger partial charge in [0.05, 0.1) is 18.6 Å². The van der Waals surface area contributed by atoms with Gasteiger partial charge >= 0.3 is 0 Å². The largest absolute Gasteiger partial charge is 0.497 e. The fraction of sp³-hybridized carbons (Fsp3) is 0.261. The molecule has 1 amide bonds. The van der Waals surface area contributed by atoms with E-state index in [4.69, 9.17) is 4.74 Å². The van der Waals surface area contributed by atoms with Crippen molar-refractivity contribution in [3.05, 3.63) is 66.7 Å². The molecule has 6 nitrogen and oxygen atoms in total. The number of thioether (sulfide) groups is 1. The maximum atomic E-state index is 12.6. The Balaban J connectivity index is 1.28. The zero-order valence-electron chi connectivity index (χ0n) is 16.9. The number of carbonyl (C=O) groups is 1. The highest BCUT2D eigenvalue weighted by Crippen LogP contribution is 2.23. The fourth-order valence-electron chi connectivity index (χ4n) is 3.41. The minimum Gasteiger partial charge on any atom is -0.497 e. The van der Waals surface area contributed by atoms with Crippen molar-refractivity contribution in [1.29, 1.82) is 0 Å². The van der Waals surface area contributed by atoms with Gasteiger partial charge in [0.15, 0.2) is 0 Å². The molecule has 0 bridgehead atoms. The number of anilines is 1. The summed E-state index contributed by atoms with van der Waals surface area (Å²) in [5.41, 5.74) is 2.94. The van der Waals surface area contributed by atoms with E-state index in [1.54, 1.807) is 7.11 Å². The van der Waals surface area contributed by atoms with Crippen LogP contribution in [0.2, 0.25) is 0 Å². The number of methoxy groups -OCH3 is 1. The molecule has 0 saturated carbocycles. The molecule has 1 aromatic heterocycles. The normalized spacial score (nSPS) is 13.9. The Hall–Kier alpha value is -3.06. The molecule has 154 valence electrons. The lowest BCUT2D eigenvalue weighted by Crippen LogP contribution is -2.49. The predicted molar refractivity (Wildman–Crippen MR) is 120 cm³/mol. The molecule has 0 spiro atoms. The molecule has 0 unspecified atom stereocenters. The van der Waals surface area contributed by atoms with Gasteiger partial charge in [-0.15, -0.1) is 10.2 Å². The van der Waals surface area contributed by atoms with E-state index in [0.717, 1.165) is 48.2 Å². The van der Waals surface area contributed by atoms with E-state index < -0.39 is 0 Å². The highest BCUT2D eigenvalue weighted by atomic mass is 32.2. The highest BCUT2D eigenvalue weighted by Gasteiger charge is 2.21. The van der Waals surface area contributed by atoms with Crippen LogP contribution in [-0.4, -0.2) is 60.0 Å². The van der Waals surface area contributed by atoms with E-state index in [2.05, 4.69) is 27.2 Å². The number of para-hydroxylation sites is 1. The molecular formula is C23H24N4O2S. The number of piperazine rings is 1. The third kappa shape index (κ3) is 4.91. The summed E-state index contributed by atoms with van der Waals surface area (Å²) in [6.45, 7) is 3.20. The van der Waals surface area contributed by atoms with Crippen LogP contribution in [0.15, 0.2) is 71.8 Å². The second kappa shape index (κ2) is 9.63. The third-order valence-electron chi connectivity index (χ3n) is 5.10. The highest BCUT2D eigenvalue weighted by molar-refractivity contribution is 7.99. The first-order chi connectivity index (χ1) is 14.7. The zero-order chi connectivity index (χ0) is 20.8. The molecule has 0 aliphatic carbocycles. The van der Waals surface area contributed by atoms with Crippen molar-refractivity contribution in [2.24, 2.45) is 0 Å². The van der Waals surface area contributed by atoms with Crippen LogP contribution < -0.4 is 9.64 Å². The van der Waals surface area contributed by atoms with Gasteiger partial charge in [0.1, 0.15) is 10.8 Å². The van der Waals surface area contributed by atoms with Gasteiger partial charge in [0, 0.05) is 37.4 Å². The van der Waals surface area contributed by atoms with E-state index in [1.807, 2.05) is 59.5 Å². The first kappa shape index (κ1) is 20.2. The Kier molecular flexibility index (Phi) is 6.49. The molecule has 0 atom stereocenters. The van der Waals surface area contributed by atoms with Crippen molar-refractivity contribution >= 4 is 23.4 Å². The number of aromatic nitrogens is 2. The molecule has 2 aromatic carbocycles. The van der Waals surface area contributed by atoms with Crippen molar-refractivity contribution in [2.75, 3.05) is 43.9 Å². The molecule has 1 saturated heterocycles. The minimum absolute atomic E-state index is 0.145. The van der Waals surface area contributed by atoms with Gasteiger partial charge < -0.3 is 14.5 Å². The van der Waals surface area contributed by atoms with Crippen LogP contribution in [0, 0.1) is 0 Å². The number of amides is 1. The lowest BCUT2D eigenvalue weighted by molar-refractivity contribution is -0.128. The van der Waals surface area contributed by atoms with Crippen LogP contribution in [0.1, 0.15) is 0 Å². The molecule has 0 radical (unpaired) electrons. The number of carbonyl (C=O) groups excluding carboxylic acids is 1. The number of hydrogen-bond acceptors (Lipinski definition) is 6. The average molecular weight is 421 g/mol. The molecule has 0 N–H and O–H groups in total. The maximum Gasteiger partial charge on any atom is 0.233 e. The molecule has 7 heteroatoms. The summed E-state index contributed by atoms with van der Waals surface area (Å²) in [4.78, 5) is 16.9. The third-order valence-corrected chi connectivity index (χ3v) is 6.01. The van der Waals surface area contributed by atoms with E-state index >= 15 is 0 Å². The summed E-state index contributed by atoms with van der Waals surface area (Å²) in [5.74, 6) is 1.30. The smallest absolute Gasteiger partial charge is 0.233 e. The van der Waals surface area contributed by atoms with Gasteiger partial charge in [0.2, 0.25) is 5.91 Å². The van der Waals surface area contributed by atoms with E-state index in [9.17, 15) is 4.79 Å². The SMILES string of the molecule is COc1cccc(-c2ccc(SCC(=O)N3CCN(c4ccccc4)CC3)nn2)c1. The molecule has 1 aliphatic heterocycles. The van der Waals surface area contributed by atoms with E-state index in [-0.39, 0.29) is 5.91 Å². The van der Waals surface area contributed by atoms with E-state index in [1.165, 1.54) is 17.4 Å². The Morgan fingerprint density at radius 3 is 2.47 bits per heavy atom. The first-order valence-electron chi connectivity index (χ1n) is 9.91. The van der Waals surface area contributed by atoms with Crippen molar-refractivity contribution in [3.8, 4) is 17.0 Å². The minimum atomic E-state index is 0.145. The number of hydrogen-bond donors (Lipinski definition) is 0. The number of benzene rings is 2. The molecule has 1 aliphatic rings. The standard InChI is InChI=1S/C23H24N4O2S/c1-29-20-9-5-6-18(16-20)21-10-11-22(25-24-21)30-17-23(28)27-14-12-26(13-15-27)19-7-3-2-4-8-19/h2-11,16H,12-15,17H2,1H3. The molecule has 2 heterocycles. The fourth-order valence-corrected chi connectivity index (χ4v) is 4.13. The Morgan fingerprint density at radius 2 is 1.77 bits per heavy atom. The van der Waals surface area contributed by atoms with Gasteiger partial charge in [0.25, 0.3) is 0 Å². The van der Waals surface area contributed by atoms with Crippen molar-refractivity contribution in [2.45, 2.75) is 5.03 Å². The van der Waals surface area contributed by atoms with Gasteiger partial charge in [-0.3, -0.25) is 4.79 Å². The summed E-state index contributed by atoms with van der Waals surface area (Å²) in [6, 6.07) is 21.9. The second-order valence-corrected chi connectivity index (χ2v) is 7.98. The maximum absolute atomic E-state index is 12.6. The number of rotatable bonds is 6. The summed E-state index contributed by atoms with van der Waals surface area (Å²) >= 11 is 1.43. The number of nitrogens with zero attached hydrogens (tertiary/aromatic N) is 4. The quantitative estimate of drug-likeness (QED) is 0.568. The van der Waals surface area contributed by atoms with Crippen molar-refractivity contribution < 1.29 is 9.53 Å². The van der Waals surface area contributed by atoms with Gasteiger partial charge in [-0.25, -0.2) is 0 Å². The van der Waals surface area contributed by atoms with Crippen molar-refractivity contribution in [1.82, 2.24) is 15.1 Å². The molecular weight excluding hydrogens is 396 g/mol. The Bertz CT molecular complexity index is 974. The Labute approximate surface area is 180 Å². The van der Waals surface area contributed by atoms with Crippen molar-refractivity contribution in [3.63, 3.8) is 0 Å². The summed E-state index contributed by atoms with van der Waals surface area (Å²) in [6.07, 6.45) is 0.